The van der Waals surface area contributed by atoms with Gasteiger partial charge in [-0.1, -0.05) is 12.1 Å². The molecule has 2 aromatic rings. The molecule has 0 atom stereocenters. The van der Waals surface area contributed by atoms with Gasteiger partial charge in [0.2, 0.25) is 0 Å². The van der Waals surface area contributed by atoms with Gasteiger partial charge < -0.3 is 14.4 Å². The lowest BCUT2D eigenvalue weighted by atomic mass is 10.2. The van der Waals surface area contributed by atoms with E-state index < -0.39 is 5.97 Å². The molecule has 2 rings (SSSR count). The number of oxazole rings is 1. The highest BCUT2D eigenvalue weighted by molar-refractivity contribution is 5.79. The second kappa shape index (κ2) is 3.84. The molecule has 0 aliphatic carbocycles. The zero-order valence-electron chi connectivity index (χ0n) is 9.10. The van der Waals surface area contributed by atoms with Crippen molar-refractivity contribution in [3.05, 3.63) is 23.8 Å². The quantitative estimate of drug-likeness (QED) is 0.852. The van der Waals surface area contributed by atoms with E-state index in [2.05, 4.69) is 4.98 Å². The predicted molar refractivity (Wildman–Crippen MR) is 59.7 cm³/mol. The van der Waals surface area contributed by atoms with Gasteiger partial charge in [-0.05, 0) is 18.6 Å². The molecule has 1 aromatic carbocycles. The van der Waals surface area contributed by atoms with Crippen molar-refractivity contribution in [2.75, 3.05) is 18.5 Å². The third-order valence-electron chi connectivity index (χ3n) is 2.30. The van der Waals surface area contributed by atoms with Crippen LogP contribution in [0.25, 0.3) is 11.1 Å². The van der Waals surface area contributed by atoms with Crippen LogP contribution in [0.15, 0.2) is 22.6 Å². The molecule has 16 heavy (non-hydrogen) atoms. The Kier molecular flexibility index (Phi) is 2.52. The van der Waals surface area contributed by atoms with Gasteiger partial charge in [-0.2, -0.15) is 4.98 Å². The van der Waals surface area contributed by atoms with Crippen molar-refractivity contribution in [3.8, 4) is 0 Å². The monoisotopic (exact) mass is 220 g/mol. The van der Waals surface area contributed by atoms with E-state index in [1.807, 2.05) is 25.1 Å². The van der Waals surface area contributed by atoms with Crippen LogP contribution in [0, 0.1) is 6.92 Å². The first kappa shape index (κ1) is 10.5. The fraction of sp³-hybridized carbons (Fsp3) is 0.273. The van der Waals surface area contributed by atoms with Crippen molar-refractivity contribution >= 4 is 23.1 Å². The number of aromatic nitrogens is 1. The van der Waals surface area contributed by atoms with Gasteiger partial charge in [0.1, 0.15) is 12.1 Å². The summed E-state index contributed by atoms with van der Waals surface area (Å²) in [5, 5.41) is 8.66. The average Bonchev–Trinajstić information content (AvgIpc) is 2.61. The average molecular weight is 220 g/mol. The summed E-state index contributed by atoms with van der Waals surface area (Å²) in [7, 11) is 1.63. The second-order valence-corrected chi connectivity index (χ2v) is 3.67. The van der Waals surface area contributed by atoms with Crippen LogP contribution in [0.1, 0.15) is 5.56 Å². The minimum atomic E-state index is -0.915. The van der Waals surface area contributed by atoms with E-state index in [0.717, 1.165) is 11.1 Å². The van der Waals surface area contributed by atoms with Gasteiger partial charge in [-0.25, -0.2) is 0 Å². The van der Waals surface area contributed by atoms with E-state index in [9.17, 15) is 4.79 Å². The number of anilines is 1. The zero-order chi connectivity index (χ0) is 11.7. The largest absolute Gasteiger partial charge is 0.480 e. The Morgan fingerprint density at radius 2 is 2.31 bits per heavy atom. The fourth-order valence-electron chi connectivity index (χ4n) is 1.51. The molecule has 0 aliphatic rings. The highest BCUT2D eigenvalue weighted by Crippen LogP contribution is 2.23. The number of carbonyl (C=O) groups is 1. The normalized spacial score (nSPS) is 10.6. The van der Waals surface area contributed by atoms with Crippen LogP contribution < -0.4 is 4.90 Å². The third-order valence-corrected chi connectivity index (χ3v) is 2.30. The van der Waals surface area contributed by atoms with E-state index >= 15 is 0 Å². The number of hydrogen-bond acceptors (Lipinski definition) is 4. The number of fused-ring (bicyclic) bond motifs is 1. The van der Waals surface area contributed by atoms with E-state index in [-0.39, 0.29) is 6.54 Å². The number of nitrogens with zero attached hydrogens (tertiary/aromatic N) is 2. The summed E-state index contributed by atoms with van der Waals surface area (Å²) in [6.07, 6.45) is 0. The highest BCUT2D eigenvalue weighted by atomic mass is 16.4. The molecule has 1 heterocycles. The summed E-state index contributed by atoms with van der Waals surface area (Å²) >= 11 is 0. The minimum absolute atomic E-state index is 0.133. The Labute approximate surface area is 92.3 Å². The van der Waals surface area contributed by atoms with E-state index in [0.29, 0.717) is 11.6 Å². The Balaban J connectivity index is 2.39. The topological polar surface area (TPSA) is 66.6 Å². The molecule has 1 aromatic heterocycles. The predicted octanol–water partition coefficient (Wildman–Crippen LogP) is 1.66. The molecule has 0 aliphatic heterocycles. The maximum absolute atomic E-state index is 10.6. The van der Waals surface area contributed by atoms with Crippen LogP contribution in [-0.4, -0.2) is 29.7 Å². The second-order valence-electron chi connectivity index (χ2n) is 3.67. The van der Waals surface area contributed by atoms with E-state index in [1.165, 1.54) is 4.90 Å². The lowest BCUT2D eigenvalue weighted by Gasteiger charge is -2.09. The number of hydrogen-bond donors (Lipinski definition) is 1. The molecule has 0 fully saturated rings. The van der Waals surface area contributed by atoms with Gasteiger partial charge in [0.15, 0.2) is 5.58 Å². The van der Waals surface area contributed by atoms with Gasteiger partial charge in [-0.15, -0.1) is 0 Å². The van der Waals surface area contributed by atoms with Crippen LogP contribution in [0.4, 0.5) is 6.01 Å². The first-order valence-electron chi connectivity index (χ1n) is 4.87. The van der Waals surface area contributed by atoms with Crippen molar-refractivity contribution in [3.63, 3.8) is 0 Å². The van der Waals surface area contributed by atoms with Gasteiger partial charge in [0, 0.05) is 7.05 Å². The van der Waals surface area contributed by atoms with Crippen LogP contribution in [0.2, 0.25) is 0 Å². The Morgan fingerprint density at radius 1 is 1.56 bits per heavy atom. The lowest BCUT2D eigenvalue weighted by Crippen LogP contribution is -2.25. The maximum atomic E-state index is 10.6. The Hall–Kier alpha value is -2.04. The standard InChI is InChI=1S/C11H12N2O3/c1-7-4-3-5-8-10(7)16-11(12-8)13(2)6-9(14)15/h3-5H,6H2,1-2H3,(H,14,15). The summed E-state index contributed by atoms with van der Waals surface area (Å²) in [5.74, 6) is -0.915. The van der Waals surface area contributed by atoms with Crippen molar-refractivity contribution < 1.29 is 14.3 Å². The minimum Gasteiger partial charge on any atom is -0.480 e. The molecule has 0 saturated heterocycles. The number of aryl methyl sites for hydroxylation is 1. The maximum Gasteiger partial charge on any atom is 0.323 e. The third kappa shape index (κ3) is 1.84. The number of likely N-dealkylation sites (N-methyl/N-ethyl adjacent to an activating group) is 1. The summed E-state index contributed by atoms with van der Waals surface area (Å²) in [5.41, 5.74) is 2.43. The molecule has 84 valence electrons. The molecular weight excluding hydrogens is 208 g/mol. The van der Waals surface area contributed by atoms with Crippen LogP contribution in [0.5, 0.6) is 0 Å². The first-order valence-corrected chi connectivity index (χ1v) is 4.87. The fourth-order valence-corrected chi connectivity index (χ4v) is 1.51. The van der Waals surface area contributed by atoms with Crippen LogP contribution >= 0.6 is 0 Å². The summed E-state index contributed by atoms with van der Waals surface area (Å²) < 4.78 is 5.51. The molecular formula is C11H12N2O3. The lowest BCUT2D eigenvalue weighted by molar-refractivity contribution is -0.135. The summed E-state index contributed by atoms with van der Waals surface area (Å²) in [4.78, 5) is 16.2. The molecule has 0 bridgehead atoms. The van der Waals surface area contributed by atoms with Crippen molar-refractivity contribution in [2.45, 2.75) is 6.92 Å². The van der Waals surface area contributed by atoms with Gasteiger partial charge >= 0.3 is 5.97 Å². The van der Waals surface area contributed by atoms with Gasteiger partial charge in [0.25, 0.3) is 6.01 Å². The Morgan fingerprint density at radius 3 is 2.94 bits per heavy atom. The highest BCUT2D eigenvalue weighted by Gasteiger charge is 2.13. The van der Waals surface area contributed by atoms with Crippen LogP contribution in [-0.2, 0) is 4.79 Å². The Bertz CT molecular complexity index is 533. The number of aliphatic carboxylic acids is 1. The summed E-state index contributed by atoms with van der Waals surface area (Å²) in [6.45, 7) is 1.79. The van der Waals surface area contributed by atoms with E-state index in [1.54, 1.807) is 7.05 Å². The van der Waals surface area contributed by atoms with Crippen molar-refractivity contribution in [1.82, 2.24) is 4.98 Å². The molecule has 5 heteroatoms. The van der Waals surface area contributed by atoms with Gasteiger partial charge in [-0.3, -0.25) is 4.79 Å². The van der Waals surface area contributed by atoms with Crippen molar-refractivity contribution in [2.24, 2.45) is 0 Å². The summed E-state index contributed by atoms with van der Waals surface area (Å²) in [6, 6.07) is 5.98. The smallest absolute Gasteiger partial charge is 0.323 e. The molecule has 5 nitrogen and oxygen atoms in total. The number of benzene rings is 1. The molecule has 0 radical (unpaired) electrons. The molecule has 1 N–H and O–H groups in total. The number of carboxylic acid groups (broad SMARTS) is 1. The molecule has 0 amide bonds. The van der Waals surface area contributed by atoms with Crippen molar-refractivity contribution in [1.29, 1.82) is 0 Å². The number of carboxylic acids is 1. The van der Waals surface area contributed by atoms with E-state index in [4.69, 9.17) is 9.52 Å². The van der Waals surface area contributed by atoms with Crippen LogP contribution in [0.3, 0.4) is 0 Å². The zero-order valence-corrected chi connectivity index (χ0v) is 9.10. The molecule has 0 saturated carbocycles. The number of rotatable bonds is 3. The first-order chi connectivity index (χ1) is 7.58. The molecule has 0 spiro atoms. The SMILES string of the molecule is Cc1cccc2nc(N(C)CC(=O)O)oc12. The molecule has 0 unspecified atom stereocenters. The number of para-hydroxylation sites is 1. The van der Waals surface area contributed by atoms with Gasteiger partial charge in [0.05, 0.1) is 0 Å².